The topological polar surface area (TPSA) is 18.5 Å². The third-order valence-electron chi connectivity index (χ3n) is 3.89. The Labute approximate surface area is 138 Å². The van der Waals surface area contributed by atoms with Gasteiger partial charge in [-0.15, -0.1) is 0 Å². The molecule has 0 aliphatic heterocycles. The van der Waals surface area contributed by atoms with Crippen molar-refractivity contribution in [3.8, 4) is 0 Å². The van der Waals surface area contributed by atoms with Gasteiger partial charge in [-0.25, -0.2) is 0 Å². The number of benzene rings is 1. The van der Waals surface area contributed by atoms with E-state index in [4.69, 9.17) is 0 Å². The van der Waals surface area contributed by atoms with Crippen molar-refractivity contribution in [1.29, 1.82) is 0 Å². The molecule has 4 heteroatoms. The predicted molar refractivity (Wildman–Crippen MR) is 95.8 cm³/mol. The Bertz CT molecular complexity index is 395. The Kier molecular flexibility index (Phi) is 9.16. The highest BCUT2D eigenvalue weighted by molar-refractivity contribution is 9.10. The summed E-state index contributed by atoms with van der Waals surface area (Å²) >= 11 is 3.66. The molecule has 0 aliphatic rings. The fourth-order valence-electron chi connectivity index (χ4n) is 2.56. The summed E-state index contributed by atoms with van der Waals surface area (Å²) in [6, 6.07) is 8.91. The Hall–Kier alpha value is -0.420. The number of halogens is 1. The summed E-state index contributed by atoms with van der Waals surface area (Å²) < 4.78 is 1.19. The highest BCUT2D eigenvalue weighted by Gasteiger charge is 2.13. The minimum atomic E-state index is 0.406. The van der Waals surface area contributed by atoms with E-state index in [-0.39, 0.29) is 0 Å². The van der Waals surface area contributed by atoms with E-state index in [1.807, 2.05) is 7.05 Å². The molecule has 0 aliphatic carbocycles. The Morgan fingerprint density at radius 3 is 2.43 bits per heavy atom. The maximum Gasteiger partial charge on any atom is 0.0340 e. The van der Waals surface area contributed by atoms with Gasteiger partial charge in [0.1, 0.15) is 0 Å². The molecule has 1 aromatic rings. The zero-order chi connectivity index (χ0) is 15.7. The maximum absolute atomic E-state index is 3.66. The molecular weight excluding hydrogens is 326 g/mol. The van der Waals surface area contributed by atoms with Gasteiger partial charge in [0.2, 0.25) is 0 Å². The van der Waals surface area contributed by atoms with Gasteiger partial charge in [-0.2, -0.15) is 0 Å². The van der Waals surface area contributed by atoms with E-state index in [2.05, 4.69) is 76.3 Å². The summed E-state index contributed by atoms with van der Waals surface area (Å²) in [4.78, 5) is 4.80. The largest absolute Gasteiger partial charge is 0.313 e. The normalized spacial score (nSPS) is 13.1. The van der Waals surface area contributed by atoms with Gasteiger partial charge in [-0.1, -0.05) is 41.1 Å². The van der Waals surface area contributed by atoms with Crippen LogP contribution in [0.15, 0.2) is 28.7 Å². The van der Waals surface area contributed by atoms with Crippen LogP contribution in [0.1, 0.15) is 31.4 Å². The van der Waals surface area contributed by atoms with Crippen LogP contribution in [-0.2, 0) is 0 Å². The fraction of sp³-hybridized carbons (Fsp3) is 0.647. The van der Waals surface area contributed by atoms with Gasteiger partial charge >= 0.3 is 0 Å². The van der Waals surface area contributed by atoms with E-state index in [0.29, 0.717) is 6.04 Å². The first-order valence-corrected chi connectivity index (χ1v) is 8.66. The van der Waals surface area contributed by atoms with Crippen LogP contribution in [0.2, 0.25) is 0 Å². The number of hydrogen-bond donors (Lipinski definition) is 1. The molecule has 1 rings (SSSR count). The Morgan fingerprint density at radius 1 is 1.14 bits per heavy atom. The van der Waals surface area contributed by atoms with E-state index in [0.717, 1.165) is 26.1 Å². The van der Waals surface area contributed by atoms with Crippen molar-refractivity contribution in [3.05, 3.63) is 34.3 Å². The van der Waals surface area contributed by atoms with E-state index < -0.39 is 0 Å². The molecule has 3 nitrogen and oxygen atoms in total. The van der Waals surface area contributed by atoms with Crippen LogP contribution < -0.4 is 5.32 Å². The molecule has 0 saturated heterocycles. The highest BCUT2D eigenvalue weighted by Crippen LogP contribution is 2.25. The van der Waals surface area contributed by atoms with Gasteiger partial charge in [0.25, 0.3) is 0 Å². The predicted octanol–water partition coefficient (Wildman–Crippen LogP) is 3.37. The second kappa shape index (κ2) is 10.3. The fourth-order valence-corrected chi connectivity index (χ4v) is 3.12. The molecular formula is C17H30BrN3. The monoisotopic (exact) mass is 355 g/mol. The molecule has 0 amide bonds. The average molecular weight is 356 g/mol. The third kappa shape index (κ3) is 6.92. The lowest BCUT2D eigenvalue weighted by atomic mass is 10.0. The lowest BCUT2D eigenvalue weighted by Crippen LogP contribution is -2.31. The molecule has 0 heterocycles. The number of nitrogens with zero attached hydrogens (tertiary/aromatic N) is 2. The maximum atomic E-state index is 3.66. The zero-order valence-electron chi connectivity index (χ0n) is 13.9. The van der Waals surface area contributed by atoms with Crippen molar-refractivity contribution in [2.45, 2.75) is 25.8 Å². The molecule has 0 spiro atoms. The standard InChI is InChI=1S/C17H30BrN3/c1-5-21(13-8-12-20(3)4)14-11-17(19-2)15-9-6-7-10-16(15)18/h6-7,9-10,17,19H,5,8,11-14H2,1-4H3. The first-order chi connectivity index (χ1) is 10.1. The molecule has 0 saturated carbocycles. The second-order valence-electron chi connectivity index (χ2n) is 5.74. The van der Waals surface area contributed by atoms with E-state index >= 15 is 0 Å². The SMILES string of the molecule is CCN(CCCN(C)C)CCC(NC)c1ccccc1Br. The quantitative estimate of drug-likeness (QED) is 0.693. The minimum Gasteiger partial charge on any atom is -0.313 e. The molecule has 0 radical (unpaired) electrons. The first-order valence-electron chi connectivity index (χ1n) is 7.87. The summed E-state index contributed by atoms with van der Waals surface area (Å²) in [6.45, 7) is 6.86. The second-order valence-corrected chi connectivity index (χ2v) is 6.60. The van der Waals surface area contributed by atoms with E-state index in [9.17, 15) is 0 Å². The van der Waals surface area contributed by atoms with Crippen LogP contribution in [0.4, 0.5) is 0 Å². The highest BCUT2D eigenvalue weighted by atomic mass is 79.9. The van der Waals surface area contributed by atoms with Crippen molar-refractivity contribution in [1.82, 2.24) is 15.1 Å². The number of rotatable bonds is 10. The van der Waals surface area contributed by atoms with Crippen LogP contribution in [-0.4, -0.2) is 57.1 Å². The van der Waals surface area contributed by atoms with Gasteiger partial charge < -0.3 is 15.1 Å². The van der Waals surface area contributed by atoms with Crippen LogP contribution >= 0.6 is 15.9 Å². The smallest absolute Gasteiger partial charge is 0.0340 e. The molecule has 0 bridgehead atoms. The summed E-state index contributed by atoms with van der Waals surface area (Å²) in [5.41, 5.74) is 1.35. The molecule has 0 aromatic heterocycles. The van der Waals surface area contributed by atoms with Gasteiger partial charge in [-0.3, -0.25) is 0 Å². The summed E-state index contributed by atoms with van der Waals surface area (Å²) in [5, 5.41) is 3.45. The number of nitrogens with one attached hydrogen (secondary N) is 1. The van der Waals surface area contributed by atoms with Crippen LogP contribution in [0.3, 0.4) is 0 Å². The van der Waals surface area contributed by atoms with Gasteiger partial charge in [-0.05, 0) is 71.8 Å². The lowest BCUT2D eigenvalue weighted by Gasteiger charge is -2.25. The molecule has 0 fully saturated rings. The molecule has 1 N–H and O–H groups in total. The Balaban J connectivity index is 2.47. The van der Waals surface area contributed by atoms with Crippen molar-refractivity contribution in [2.24, 2.45) is 0 Å². The molecule has 120 valence electrons. The van der Waals surface area contributed by atoms with Crippen LogP contribution in [0.25, 0.3) is 0 Å². The van der Waals surface area contributed by atoms with Gasteiger partial charge in [0.15, 0.2) is 0 Å². The third-order valence-corrected chi connectivity index (χ3v) is 4.61. The molecule has 1 atom stereocenters. The van der Waals surface area contributed by atoms with Crippen molar-refractivity contribution < 1.29 is 0 Å². The average Bonchev–Trinajstić information content (AvgIpc) is 2.47. The lowest BCUT2D eigenvalue weighted by molar-refractivity contribution is 0.253. The zero-order valence-corrected chi connectivity index (χ0v) is 15.5. The van der Waals surface area contributed by atoms with E-state index in [1.54, 1.807) is 0 Å². The van der Waals surface area contributed by atoms with Crippen molar-refractivity contribution >= 4 is 15.9 Å². The number of hydrogen-bond acceptors (Lipinski definition) is 3. The minimum absolute atomic E-state index is 0.406. The van der Waals surface area contributed by atoms with Crippen LogP contribution in [0.5, 0.6) is 0 Å². The van der Waals surface area contributed by atoms with Gasteiger partial charge in [0, 0.05) is 10.5 Å². The van der Waals surface area contributed by atoms with Gasteiger partial charge in [0.05, 0.1) is 0 Å². The van der Waals surface area contributed by atoms with Crippen molar-refractivity contribution in [2.75, 3.05) is 47.3 Å². The van der Waals surface area contributed by atoms with Crippen molar-refractivity contribution in [3.63, 3.8) is 0 Å². The molecule has 21 heavy (non-hydrogen) atoms. The summed E-state index contributed by atoms with van der Waals surface area (Å²) in [5.74, 6) is 0. The molecule has 1 aromatic carbocycles. The summed E-state index contributed by atoms with van der Waals surface area (Å²) in [7, 11) is 6.33. The molecule has 1 unspecified atom stereocenters. The first kappa shape index (κ1) is 18.6. The van der Waals surface area contributed by atoms with E-state index in [1.165, 1.54) is 23.0 Å². The Morgan fingerprint density at radius 2 is 1.86 bits per heavy atom. The van der Waals surface area contributed by atoms with Crippen LogP contribution in [0, 0.1) is 0 Å². The summed E-state index contributed by atoms with van der Waals surface area (Å²) in [6.07, 6.45) is 2.37.